The van der Waals surface area contributed by atoms with E-state index in [-0.39, 0.29) is 17.5 Å². The predicted octanol–water partition coefficient (Wildman–Crippen LogP) is 1.76. The van der Waals surface area contributed by atoms with Crippen LogP contribution in [0.3, 0.4) is 0 Å². The van der Waals surface area contributed by atoms with E-state index in [9.17, 15) is 8.42 Å². The fourth-order valence-corrected chi connectivity index (χ4v) is 2.69. The molecule has 7 heteroatoms. The van der Waals surface area contributed by atoms with Crippen molar-refractivity contribution in [2.24, 2.45) is 5.84 Å². The first-order chi connectivity index (χ1) is 7.98. The summed E-state index contributed by atoms with van der Waals surface area (Å²) in [6.45, 7) is 1.65. The van der Waals surface area contributed by atoms with Gasteiger partial charge in [-0.25, -0.2) is 13.8 Å². The van der Waals surface area contributed by atoms with Gasteiger partial charge in [0.1, 0.15) is 15.6 Å². The van der Waals surface area contributed by atoms with Gasteiger partial charge in [0.15, 0.2) is 4.67 Å². The lowest BCUT2D eigenvalue weighted by Crippen LogP contribution is -2.28. The third kappa shape index (κ3) is 4.79. The predicted molar refractivity (Wildman–Crippen MR) is 70.0 cm³/mol. The Balaban J connectivity index is 2.49. The second-order valence-electron chi connectivity index (χ2n) is 3.74. The first kappa shape index (κ1) is 14.7. The molecule has 5 nitrogen and oxygen atoms in total. The molecular formula is C10H17BrN2O3S. The fourth-order valence-electron chi connectivity index (χ4n) is 1.47. The number of hydrogen-bond donors (Lipinski definition) is 2. The Bertz CT molecular complexity index is 444. The lowest BCUT2D eigenvalue weighted by atomic mass is 10.1. The lowest BCUT2D eigenvalue weighted by molar-refractivity contribution is 0.389. The van der Waals surface area contributed by atoms with Crippen LogP contribution in [0.25, 0.3) is 0 Å². The molecule has 0 spiro atoms. The molecule has 0 saturated heterocycles. The van der Waals surface area contributed by atoms with Crippen LogP contribution >= 0.6 is 15.9 Å². The molecule has 0 amide bonds. The number of nitrogens with one attached hydrogen (secondary N) is 1. The van der Waals surface area contributed by atoms with Crippen molar-refractivity contribution in [2.75, 3.05) is 11.5 Å². The normalized spacial score (nSPS) is 13.8. The quantitative estimate of drug-likeness (QED) is 0.589. The van der Waals surface area contributed by atoms with E-state index in [4.69, 9.17) is 10.3 Å². The Morgan fingerprint density at radius 1 is 1.53 bits per heavy atom. The molecule has 1 heterocycles. The molecule has 1 unspecified atom stereocenters. The fraction of sp³-hybridized carbons (Fsp3) is 0.600. The van der Waals surface area contributed by atoms with Gasteiger partial charge in [0.25, 0.3) is 0 Å². The molecule has 1 aromatic heterocycles. The van der Waals surface area contributed by atoms with Crippen molar-refractivity contribution < 1.29 is 12.8 Å². The van der Waals surface area contributed by atoms with Crippen molar-refractivity contribution in [3.8, 4) is 0 Å². The van der Waals surface area contributed by atoms with E-state index in [2.05, 4.69) is 21.4 Å². The first-order valence-corrected chi connectivity index (χ1v) is 8.01. The third-order valence-electron chi connectivity index (χ3n) is 2.53. The minimum Gasteiger partial charge on any atom is -0.453 e. The monoisotopic (exact) mass is 324 g/mol. The van der Waals surface area contributed by atoms with Gasteiger partial charge in [-0.05, 0) is 40.9 Å². The van der Waals surface area contributed by atoms with Crippen LogP contribution in [0.5, 0.6) is 0 Å². The molecule has 17 heavy (non-hydrogen) atoms. The van der Waals surface area contributed by atoms with Crippen molar-refractivity contribution in [3.63, 3.8) is 0 Å². The van der Waals surface area contributed by atoms with Gasteiger partial charge in [0.05, 0.1) is 11.8 Å². The molecule has 98 valence electrons. The van der Waals surface area contributed by atoms with Gasteiger partial charge in [-0.3, -0.25) is 5.84 Å². The molecular weight excluding hydrogens is 308 g/mol. The second-order valence-corrected chi connectivity index (χ2v) is 6.99. The Hall–Kier alpha value is -0.370. The van der Waals surface area contributed by atoms with Crippen LogP contribution in [0, 0.1) is 0 Å². The Morgan fingerprint density at radius 3 is 2.71 bits per heavy atom. The number of rotatable bonds is 7. The van der Waals surface area contributed by atoms with E-state index >= 15 is 0 Å². The largest absolute Gasteiger partial charge is 0.453 e. The highest BCUT2D eigenvalue weighted by Gasteiger charge is 2.15. The third-order valence-corrected chi connectivity index (χ3v) is 4.74. The number of halogens is 1. The summed E-state index contributed by atoms with van der Waals surface area (Å²) in [5.41, 5.74) is 2.63. The molecule has 0 saturated carbocycles. The second kappa shape index (κ2) is 6.53. The van der Waals surface area contributed by atoms with Gasteiger partial charge in [-0.15, -0.1) is 0 Å². The number of sulfone groups is 1. The lowest BCUT2D eigenvalue weighted by Gasteiger charge is -2.12. The molecule has 0 bridgehead atoms. The van der Waals surface area contributed by atoms with E-state index in [1.54, 1.807) is 13.0 Å². The van der Waals surface area contributed by atoms with E-state index in [0.717, 1.165) is 0 Å². The number of hydrazine groups is 1. The van der Waals surface area contributed by atoms with Gasteiger partial charge in [-0.2, -0.15) is 0 Å². The minimum absolute atomic E-state index is 0.159. The van der Waals surface area contributed by atoms with Gasteiger partial charge in [-0.1, -0.05) is 6.92 Å². The van der Waals surface area contributed by atoms with E-state index in [0.29, 0.717) is 23.3 Å². The summed E-state index contributed by atoms with van der Waals surface area (Å²) in [5.74, 6) is 6.49. The van der Waals surface area contributed by atoms with Crippen molar-refractivity contribution >= 4 is 25.8 Å². The minimum atomic E-state index is -2.91. The number of nitrogens with two attached hydrogens (primary N) is 1. The van der Waals surface area contributed by atoms with Gasteiger partial charge in [0.2, 0.25) is 0 Å². The summed E-state index contributed by atoms with van der Waals surface area (Å²) in [6, 6.07) is 3.43. The Kier molecular flexibility index (Phi) is 5.64. The highest BCUT2D eigenvalue weighted by molar-refractivity contribution is 9.10. The SMILES string of the molecule is CCS(=O)(=O)CCCC(NN)c1ccc(Br)o1. The number of hydrogen-bond acceptors (Lipinski definition) is 5. The summed E-state index contributed by atoms with van der Waals surface area (Å²) in [4.78, 5) is 0. The van der Waals surface area contributed by atoms with Crippen molar-refractivity contribution in [3.05, 3.63) is 22.6 Å². The summed E-state index contributed by atoms with van der Waals surface area (Å²) in [7, 11) is -2.91. The van der Waals surface area contributed by atoms with Crippen molar-refractivity contribution in [1.82, 2.24) is 5.43 Å². The van der Waals surface area contributed by atoms with Crippen LogP contribution in [-0.4, -0.2) is 19.9 Å². The maximum atomic E-state index is 11.3. The van der Waals surface area contributed by atoms with E-state index in [1.807, 2.05) is 6.07 Å². The topological polar surface area (TPSA) is 85.3 Å². The summed E-state index contributed by atoms with van der Waals surface area (Å²) in [6.07, 6.45) is 1.18. The molecule has 3 N–H and O–H groups in total. The van der Waals surface area contributed by atoms with Crippen LogP contribution in [0.15, 0.2) is 21.2 Å². The zero-order valence-electron chi connectivity index (χ0n) is 9.65. The zero-order valence-corrected chi connectivity index (χ0v) is 12.1. The summed E-state index contributed by atoms with van der Waals surface area (Å²) < 4.78 is 28.7. The maximum Gasteiger partial charge on any atom is 0.169 e. The average Bonchev–Trinajstić information content (AvgIpc) is 2.71. The smallest absolute Gasteiger partial charge is 0.169 e. The molecule has 1 atom stereocenters. The van der Waals surface area contributed by atoms with Crippen LogP contribution in [0.1, 0.15) is 31.6 Å². The molecule has 0 aromatic carbocycles. The van der Waals surface area contributed by atoms with Gasteiger partial charge < -0.3 is 4.42 Å². The molecule has 1 aromatic rings. The average molecular weight is 325 g/mol. The summed E-state index contributed by atoms with van der Waals surface area (Å²) in [5, 5.41) is 0. The Labute approximate surface area is 110 Å². The van der Waals surface area contributed by atoms with Crippen molar-refractivity contribution in [1.29, 1.82) is 0 Å². The highest BCUT2D eigenvalue weighted by Crippen LogP contribution is 2.23. The number of furan rings is 1. The van der Waals surface area contributed by atoms with E-state index in [1.165, 1.54) is 0 Å². The Morgan fingerprint density at radius 2 is 2.24 bits per heavy atom. The highest BCUT2D eigenvalue weighted by atomic mass is 79.9. The van der Waals surface area contributed by atoms with E-state index < -0.39 is 9.84 Å². The van der Waals surface area contributed by atoms with Crippen LogP contribution in [-0.2, 0) is 9.84 Å². The molecule has 0 fully saturated rings. The van der Waals surface area contributed by atoms with Crippen LogP contribution in [0.2, 0.25) is 0 Å². The molecule has 0 aliphatic carbocycles. The first-order valence-electron chi connectivity index (χ1n) is 5.40. The van der Waals surface area contributed by atoms with Crippen LogP contribution in [0.4, 0.5) is 0 Å². The standard InChI is InChI=1S/C10H17BrN2O3S/c1-2-17(14,15)7-3-4-8(13-12)9-5-6-10(11)16-9/h5-6,8,13H,2-4,7,12H2,1H3. The molecule has 0 aliphatic rings. The summed E-state index contributed by atoms with van der Waals surface area (Å²) >= 11 is 3.21. The van der Waals surface area contributed by atoms with Crippen molar-refractivity contribution in [2.45, 2.75) is 25.8 Å². The zero-order chi connectivity index (χ0) is 12.9. The van der Waals surface area contributed by atoms with Gasteiger partial charge in [0, 0.05) is 5.75 Å². The molecule has 1 rings (SSSR count). The molecule has 0 radical (unpaired) electrons. The van der Waals surface area contributed by atoms with Crippen LogP contribution < -0.4 is 11.3 Å². The maximum absolute atomic E-state index is 11.3. The molecule has 0 aliphatic heterocycles. The van der Waals surface area contributed by atoms with Gasteiger partial charge >= 0.3 is 0 Å².